The molecule has 1 heterocycles. The van der Waals surface area contributed by atoms with Crippen LogP contribution in [0.3, 0.4) is 0 Å². The van der Waals surface area contributed by atoms with Gasteiger partial charge in [-0.1, -0.05) is 64.0 Å². The van der Waals surface area contributed by atoms with Gasteiger partial charge < -0.3 is 4.74 Å². The first-order valence-corrected chi connectivity index (χ1v) is 7.93. The van der Waals surface area contributed by atoms with E-state index in [-0.39, 0.29) is 5.70 Å². The van der Waals surface area contributed by atoms with E-state index in [1.54, 1.807) is 6.08 Å². The number of benzene rings is 2. The molecule has 0 fully saturated rings. The fourth-order valence-corrected chi connectivity index (χ4v) is 2.67. The standard InChI is InChI=1S/C19H14BrNO2/c1-13-6-5-9-15(10-13)18-21-17(19(22)23-18)12-16(20)11-14-7-3-2-4-8-14/h2-12H,1H3/b16-11-,17-12-. The maximum atomic E-state index is 12.0. The molecule has 0 amide bonds. The molecule has 0 spiro atoms. The molecule has 2 aromatic carbocycles. The fraction of sp³-hybridized carbons (Fsp3) is 0.0526. The third kappa shape index (κ3) is 3.85. The monoisotopic (exact) mass is 367 g/mol. The topological polar surface area (TPSA) is 38.7 Å². The summed E-state index contributed by atoms with van der Waals surface area (Å²) in [6.45, 7) is 1.98. The molecular weight excluding hydrogens is 354 g/mol. The molecule has 0 unspecified atom stereocenters. The van der Waals surface area contributed by atoms with Crippen molar-refractivity contribution in [2.75, 3.05) is 0 Å². The van der Waals surface area contributed by atoms with Crippen molar-refractivity contribution in [2.24, 2.45) is 4.99 Å². The van der Waals surface area contributed by atoms with Crippen molar-refractivity contribution in [3.05, 3.63) is 87.5 Å². The van der Waals surface area contributed by atoms with Gasteiger partial charge in [0, 0.05) is 10.0 Å². The zero-order valence-electron chi connectivity index (χ0n) is 12.5. The average Bonchev–Trinajstić information content (AvgIpc) is 2.89. The Morgan fingerprint density at radius 2 is 1.91 bits per heavy atom. The number of halogens is 1. The fourth-order valence-electron chi connectivity index (χ4n) is 2.19. The van der Waals surface area contributed by atoms with E-state index in [1.807, 2.05) is 67.6 Å². The normalized spacial score (nSPS) is 16.4. The minimum Gasteiger partial charge on any atom is -0.402 e. The second kappa shape index (κ2) is 6.75. The predicted molar refractivity (Wildman–Crippen MR) is 95.2 cm³/mol. The molecule has 0 saturated heterocycles. The Hall–Kier alpha value is -2.46. The van der Waals surface area contributed by atoms with E-state index < -0.39 is 5.97 Å². The molecular formula is C19H14BrNO2. The number of ether oxygens (including phenoxy) is 1. The molecule has 0 atom stereocenters. The van der Waals surface area contributed by atoms with Crippen LogP contribution >= 0.6 is 15.9 Å². The SMILES string of the molecule is Cc1cccc(C2=N/C(=C\C(Br)=C\c3ccccc3)C(=O)O2)c1. The maximum absolute atomic E-state index is 12.0. The van der Waals surface area contributed by atoms with Gasteiger partial charge in [-0.3, -0.25) is 0 Å². The maximum Gasteiger partial charge on any atom is 0.363 e. The Kier molecular flexibility index (Phi) is 4.53. The Labute approximate surface area is 143 Å². The summed E-state index contributed by atoms with van der Waals surface area (Å²) in [5.41, 5.74) is 3.19. The predicted octanol–water partition coefficient (Wildman–Crippen LogP) is 4.62. The van der Waals surface area contributed by atoms with E-state index in [1.165, 1.54) is 0 Å². The van der Waals surface area contributed by atoms with Crippen molar-refractivity contribution in [1.82, 2.24) is 0 Å². The van der Waals surface area contributed by atoms with Gasteiger partial charge in [0.15, 0.2) is 5.70 Å². The van der Waals surface area contributed by atoms with Gasteiger partial charge in [-0.05, 0) is 36.8 Å². The highest BCUT2D eigenvalue weighted by Crippen LogP contribution is 2.21. The second-order valence-electron chi connectivity index (χ2n) is 5.15. The summed E-state index contributed by atoms with van der Waals surface area (Å²) in [6, 6.07) is 17.5. The lowest BCUT2D eigenvalue weighted by Gasteiger charge is -1.99. The second-order valence-corrected chi connectivity index (χ2v) is 6.06. The van der Waals surface area contributed by atoms with E-state index in [0.29, 0.717) is 5.90 Å². The van der Waals surface area contributed by atoms with Crippen LogP contribution in [0.15, 0.2) is 75.8 Å². The summed E-state index contributed by atoms with van der Waals surface area (Å²) in [6.07, 6.45) is 3.58. The molecule has 3 rings (SSSR count). The van der Waals surface area contributed by atoms with Gasteiger partial charge in [-0.2, -0.15) is 0 Å². The number of aryl methyl sites for hydroxylation is 1. The highest BCUT2D eigenvalue weighted by Gasteiger charge is 2.24. The van der Waals surface area contributed by atoms with Crippen molar-refractivity contribution in [1.29, 1.82) is 0 Å². The minimum atomic E-state index is -0.445. The molecule has 0 aromatic heterocycles. The van der Waals surface area contributed by atoms with Crippen molar-refractivity contribution in [2.45, 2.75) is 6.92 Å². The largest absolute Gasteiger partial charge is 0.402 e. The Morgan fingerprint density at radius 3 is 2.65 bits per heavy atom. The number of carbonyl (C=O) groups excluding carboxylic acids is 1. The third-order valence-electron chi connectivity index (χ3n) is 3.26. The van der Waals surface area contributed by atoms with E-state index >= 15 is 0 Å². The Bertz CT molecular complexity index is 835. The number of esters is 1. The lowest BCUT2D eigenvalue weighted by Crippen LogP contribution is -2.05. The van der Waals surface area contributed by atoms with E-state index in [4.69, 9.17) is 4.74 Å². The first-order valence-electron chi connectivity index (χ1n) is 7.14. The van der Waals surface area contributed by atoms with Gasteiger partial charge in [0.2, 0.25) is 5.90 Å². The van der Waals surface area contributed by atoms with Crippen LogP contribution in [-0.2, 0) is 9.53 Å². The zero-order valence-corrected chi connectivity index (χ0v) is 14.1. The van der Waals surface area contributed by atoms with Crippen LogP contribution in [-0.4, -0.2) is 11.9 Å². The number of aliphatic imine (C=N–C) groups is 1. The van der Waals surface area contributed by atoms with Gasteiger partial charge >= 0.3 is 5.97 Å². The minimum absolute atomic E-state index is 0.278. The smallest absolute Gasteiger partial charge is 0.363 e. The molecule has 1 aliphatic heterocycles. The van der Waals surface area contributed by atoms with Gasteiger partial charge in [0.1, 0.15) is 0 Å². The van der Waals surface area contributed by atoms with Crippen LogP contribution in [0.5, 0.6) is 0 Å². The van der Waals surface area contributed by atoms with E-state index in [9.17, 15) is 4.79 Å². The van der Waals surface area contributed by atoms with Crippen LogP contribution < -0.4 is 0 Å². The van der Waals surface area contributed by atoms with E-state index in [2.05, 4.69) is 20.9 Å². The molecule has 114 valence electrons. The molecule has 4 heteroatoms. The van der Waals surface area contributed by atoms with Gasteiger partial charge in [0.05, 0.1) is 0 Å². The Balaban J connectivity index is 1.88. The molecule has 0 radical (unpaired) electrons. The summed E-state index contributed by atoms with van der Waals surface area (Å²) >= 11 is 3.45. The molecule has 3 nitrogen and oxygen atoms in total. The molecule has 0 bridgehead atoms. The average molecular weight is 368 g/mol. The molecule has 2 aromatic rings. The van der Waals surface area contributed by atoms with Crippen molar-refractivity contribution in [3.63, 3.8) is 0 Å². The number of nitrogens with zero attached hydrogens (tertiary/aromatic N) is 1. The van der Waals surface area contributed by atoms with Crippen molar-refractivity contribution >= 4 is 33.9 Å². The summed E-state index contributed by atoms with van der Waals surface area (Å²) in [7, 11) is 0. The first kappa shape index (κ1) is 15.4. The summed E-state index contributed by atoms with van der Waals surface area (Å²) in [5.74, 6) is -0.107. The van der Waals surface area contributed by atoms with Crippen LogP contribution in [0, 0.1) is 6.92 Å². The number of rotatable bonds is 3. The summed E-state index contributed by atoms with van der Waals surface area (Å²) in [5, 5.41) is 0. The van der Waals surface area contributed by atoms with Crippen LogP contribution in [0.1, 0.15) is 16.7 Å². The summed E-state index contributed by atoms with van der Waals surface area (Å²) in [4.78, 5) is 16.3. The van der Waals surface area contributed by atoms with E-state index in [0.717, 1.165) is 21.2 Å². The van der Waals surface area contributed by atoms with Gasteiger partial charge in [0.25, 0.3) is 0 Å². The number of cyclic esters (lactones) is 1. The number of allylic oxidation sites excluding steroid dienone is 2. The molecule has 23 heavy (non-hydrogen) atoms. The van der Waals surface area contributed by atoms with Crippen molar-refractivity contribution < 1.29 is 9.53 Å². The molecule has 1 aliphatic rings. The van der Waals surface area contributed by atoms with Crippen LogP contribution in [0.4, 0.5) is 0 Å². The first-order chi connectivity index (χ1) is 11.1. The quantitative estimate of drug-likeness (QED) is 0.586. The number of hydrogen-bond donors (Lipinski definition) is 0. The van der Waals surface area contributed by atoms with Crippen LogP contribution in [0.25, 0.3) is 6.08 Å². The van der Waals surface area contributed by atoms with Crippen LogP contribution in [0.2, 0.25) is 0 Å². The lowest BCUT2D eigenvalue weighted by molar-refractivity contribution is -0.130. The summed E-state index contributed by atoms with van der Waals surface area (Å²) < 4.78 is 6.02. The number of hydrogen-bond acceptors (Lipinski definition) is 3. The van der Waals surface area contributed by atoms with Crippen molar-refractivity contribution in [3.8, 4) is 0 Å². The lowest BCUT2D eigenvalue weighted by atomic mass is 10.1. The third-order valence-corrected chi connectivity index (χ3v) is 3.72. The van der Waals surface area contributed by atoms with Gasteiger partial charge in [-0.25, -0.2) is 9.79 Å². The highest BCUT2D eigenvalue weighted by atomic mass is 79.9. The Morgan fingerprint density at radius 1 is 1.13 bits per heavy atom. The molecule has 0 saturated carbocycles. The highest BCUT2D eigenvalue weighted by molar-refractivity contribution is 9.12. The molecule has 0 aliphatic carbocycles. The van der Waals surface area contributed by atoms with Gasteiger partial charge in [-0.15, -0.1) is 0 Å². The zero-order chi connectivity index (χ0) is 16.2. The molecule has 0 N–H and O–H groups in total. The number of carbonyl (C=O) groups is 1.